The van der Waals surface area contributed by atoms with Crippen molar-refractivity contribution in [2.24, 2.45) is 11.8 Å². The monoisotopic (exact) mass is 250 g/mol. The van der Waals surface area contributed by atoms with Gasteiger partial charge in [-0.25, -0.2) is 4.98 Å². The molecule has 0 saturated carbocycles. The first kappa shape index (κ1) is 12.9. The van der Waals surface area contributed by atoms with Gasteiger partial charge in [0.25, 0.3) is 5.56 Å². The zero-order chi connectivity index (χ0) is 13.1. The van der Waals surface area contributed by atoms with Gasteiger partial charge in [0.2, 0.25) is 0 Å². The van der Waals surface area contributed by atoms with Crippen LogP contribution < -0.4 is 16.2 Å². The maximum absolute atomic E-state index is 11.5. The van der Waals surface area contributed by atoms with Crippen LogP contribution in [0, 0.1) is 11.8 Å². The number of aromatic amines is 1. The van der Waals surface area contributed by atoms with Crippen molar-refractivity contribution in [3.63, 3.8) is 0 Å². The lowest BCUT2D eigenvalue weighted by atomic mass is 9.89. The minimum Gasteiger partial charge on any atom is -0.391 e. The number of nitrogens with one attached hydrogen (secondary N) is 1. The third-order valence-electron chi connectivity index (χ3n) is 3.88. The van der Waals surface area contributed by atoms with Crippen molar-refractivity contribution >= 4 is 11.5 Å². The zero-order valence-corrected chi connectivity index (χ0v) is 11.1. The normalized spacial score (nSPS) is 21.1. The minimum atomic E-state index is -0.246. The Labute approximate surface area is 107 Å². The van der Waals surface area contributed by atoms with E-state index in [0.29, 0.717) is 5.82 Å². The molecule has 5 heteroatoms. The number of hydrogen-bond acceptors (Lipinski definition) is 4. The van der Waals surface area contributed by atoms with Gasteiger partial charge in [-0.1, -0.05) is 13.8 Å². The van der Waals surface area contributed by atoms with Crippen LogP contribution in [-0.4, -0.2) is 23.1 Å². The van der Waals surface area contributed by atoms with Gasteiger partial charge < -0.3 is 15.6 Å². The fourth-order valence-corrected chi connectivity index (χ4v) is 2.65. The Balaban J connectivity index is 2.15. The second kappa shape index (κ2) is 5.42. The molecule has 0 radical (unpaired) electrons. The number of nitrogens with zero attached hydrogens (tertiary/aromatic N) is 2. The molecule has 5 nitrogen and oxygen atoms in total. The number of anilines is 2. The predicted octanol–water partition coefficient (Wildman–Crippen LogP) is 1.61. The largest absolute Gasteiger partial charge is 0.391 e. The lowest BCUT2D eigenvalue weighted by Gasteiger charge is -2.23. The molecule has 1 unspecified atom stereocenters. The average Bonchev–Trinajstić information content (AvgIpc) is 2.58. The molecule has 18 heavy (non-hydrogen) atoms. The fourth-order valence-electron chi connectivity index (χ4n) is 2.65. The molecule has 1 aromatic rings. The molecule has 0 spiro atoms. The van der Waals surface area contributed by atoms with Crippen LogP contribution in [0.4, 0.5) is 11.5 Å². The van der Waals surface area contributed by atoms with E-state index in [-0.39, 0.29) is 11.2 Å². The van der Waals surface area contributed by atoms with E-state index in [2.05, 4.69) is 28.7 Å². The first-order chi connectivity index (χ1) is 8.59. The number of nitrogens with two attached hydrogens (primary N) is 1. The van der Waals surface area contributed by atoms with Crippen LogP contribution in [0.3, 0.4) is 0 Å². The van der Waals surface area contributed by atoms with Crippen molar-refractivity contribution in [1.82, 2.24) is 9.97 Å². The van der Waals surface area contributed by atoms with Gasteiger partial charge in [0.1, 0.15) is 5.69 Å². The maximum Gasteiger partial charge on any atom is 0.276 e. The average molecular weight is 250 g/mol. The number of hydrogen-bond donors (Lipinski definition) is 2. The summed E-state index contributed by atoms with van der Waals surface area (Å²) in [5, 5.41) is 0. The Hall–Kier alpha value is -1.52. The minimum absolute atomic E-state index is 0.237. The molecule has 1 saturated heterocycles. The zero-order valence-electron chi connectivity index (χ0n) is 11.1. The van der Waals surface area contributed by atoms with Gasteiger partial charge in [-0.3, -0.25) is 4.79 Å². The molecule has 2 heterocycles. The van der Waals surface area contributed by atoms with Crippen LogP contribution >= 0.6 is 0 Å². The molecule has 1 aromatic heterocycles. The molecule has 1 atom stereocenters. The first-order valence-corrected chi connectivity index (χ1v) is 6.67. The van der Waals surface area contributed by atoms with Crippen LogP contribution in [0.15, 0.2) is 11.1 Å². The van der Waals surface area contributed by atoms with E-state index in [1.54, 1.807) is 0 Å². The second-order valence-electron chi connectivity index (χ2n) is 5.39. The summed E-state index contributed by atoms with van der Waals surface area (Å²) in [6.07, 6.45) is 4.96. The van der Waals surface area contributed by atoms with E-state index < -0.39 is 0 Å². The molecule has 0 amide bonds. The maximum atomic E-state index is 11.5. The Morgan fingerprint density at radius 3 is 2.94 bits per heavy atom. The van der Waals surface area contributed by atoms with E-state index in [1.807, 2.05) is 0 Å². The standard InChI is InChI=1S/C13H22N4O/c1-9(2)10-4-3-6-17(7-5-10)12-11(14)13(18)16-8-15-12/h8-10H,3-7,14H2,1-2H3,(H,15,16,18). The Morgan fingerprint density at radius 2 is 2.22 bits per heavy atom. The highest BCUT2D eigenvalue weighted by atomic mass is 16.1. The number of rotatable bonds is 2. The summed E-state index contributed by atoms with van der Waals surface area (Å²) in [4.78, 5) is 20.4. The molecule has 1 fully saturated rings. The highest BCUT2D eigenvalue weighted by Crippen LogP contribution is 2.27. The molecular weight excluding hydrogens is 228 g/mol. The fraction of sp³-hybridized carbons (Fsp3) is 0.692. The number of H-pyrrole nitrogens is 1. The van der Waals surface area contributed by atoms with E-state index in [9.17, 15) is 4.79 Å². The molecule has 100 valence electrons. The van der Waals surface area contributed by atoms with Crippen molar-refractivity contribution in [2.75, 3.05) is 23.7 Å². The van der Waals surface area contributed by atoms with Gasteiger partial charge in [-0.05, 0) is 31.1 Å². The summed E-state index contributed by atoms with van der Waals surface area (Å²) in [5.41, 5.74) is 5.80. The molecule has 1 aliphatic rings. The summed E-state index contributed by atoms with van der Waals surface area (Å²) in [6.45, 7) is 6.42. The predicted molar refractivity (Wildman–Crippen MR) is 73.7 cm³/mol. The van der Waals surface area contributed by atoms with Crippen LogP contribution in [0.2, 0.25) is 0 Å². The Morgan fingerprint density at radius 1 is 1.44 bits per heavy atom. The quantitative estimate of drug-likeness (QED) is 0.836. The summed E-state index contributed by atoms with van der Waals surface area (Å²) in [6, 6.07) is 0. The Bertz CT molecular complexity index is 455. The highest BCUT2D eigenvalue weighted by molar-refractivity contribution is 5.60. The van der Waals surface area contributed by atoms with Gasteiger partial charge in [-0.2, -0.15) is 0 Å². The van der Waals surface area contributed by atoms with Crippen LogP contribution in [0.25, 0.3) is 0 Å². The van der Waals surface area contributed by atoms with Gasteiger partial charge >= 0.3 is 0 Å². The van der Waals surface area contributed by atoms with E-state index in [0.717, 1.165) is 37.8 Å². The Kier molecular flexibility index (Phi) is 3.89. The van der Waals surface area contributed by atoms with E-state index >= 15 is 0 Å². The third-order valence-corrected chi connectivity index (χ3v) is 3.88. The van der Waals surface area contributed by atoms with Gasteiger partial charge in [0.05, 0.1) is 6.33 Å². The van der Waals surface area contributed by atoms with Crippen molar-refractivity contribution in [3.8, 4) is 0 Å². The van der Waals surface area contributed by atoms with Gasteiger partial charge in [-0.15, -0.1) is 0 Å². The smallest absolute Gasteiger partial charge is 0.276 e. The summed E-state index contributed by atoms with van der Waals surface area (Å²) >= 11 is 0. The topological polar surface area (TPSA) is 75.0 Å². The molecule has 1 aliphatic heterocycles. The van der Waals surface area contributed by atoms with E-state index in [4.69, 9.17) is 5.73 Å². The van der Waals surface area contributed by atoms with Gasteiger partial charge in [0.15, 0.2) is 5.82 Å². The molecule has 3 N–H and O–H groups in total. The van der Waals surface area contributed by atoms with Crippen LogP contribution in [-0.2, 0) is 0 Å². The van der Waals surface area contributed by atoms with Crippen molar-refractivity contribution < 1.29 is 0 Å². The molecule has 0 aliphatic carbocycles. The summed E-state index contributed by atoms with van der Waals surface area (Å²) in [5.74, 6) is 2.12. The lowest BCUT2D eigenvalue weighted by Crippen LogP contribution is -2.29. The number of nitrogen functional groups attached to an aromatic ring is 1. The second-order valence-corrected chi connectivity index (χ2v) is 5.39. The summed E-state index contributed by atoms with van der Waals surface area (Å²) < 4.78 is 0. The van der Waals surface area contributed by atoms with Crippen molar-refractivity contribution in [1.29, 1.82) is 0 Å². The van der Waals surface area contributed by atoms with Crippen molar-refractivity contribution in [2.45, 2.75) is 33.1 Å². The lowest BCUT2D eigenvalue weighted by molar-refractivity contribution is 0.351. The first-order valence-electron chi connectivity index (χ1n) is 6.67. The highest BCUT2D eigenvalue weighted by Gasteiger charge is 2.21. The van der Waals surface area contributed by atoms with E-state index in [1.165, 1.54) is 12.7 Å². The van der Waals surface area contributed by atoms with Crippen LogP contribution in [0.5, 0.6) is 0 Å². The SMILES string of the molecule is CC(C)C1CCCN(c2nc[nH]c(=O)c2N)CC1. The summed E-state index contributed by atoms with van der Waals surface area (Å²) in [7, 11) is 0. The van der Waals surface area contributed by atoms with Gasteiger partial charge in [0, 0.05) is 13.1 Å². The molecular formula is C13H22N4O. The number of aromatic nitrogens is 2. The molecule has 0 aromatic carbocycles. The van der Waals surface area contributed by atoms with Crippen molar-refractivity contribution in [3.05, 3.63) is 16.7 Å². The molecule has 2 rings (SSSR count). The molecule has 0 bridgehead atoms. The van der Waals surface area contributed by atoms with Crippen LogP contribution in [0.1, 0.15) is 33.1 Å². The third kappa shape index (κ3) is 2.66.